The van der Waals surface area contributed by atoms with Gasteiger partial charge in [0.25, 0.3) is 0 Å². The highest BCUT2D eigenvalue weighted by atomic mass is 32.1. The summed E-state index contributed by atoms with van der Waals surface area (Å²) in [6.45, 7) is 2.04. The van der Waals surface area contributed by atoms with Gasteiger partial charge >= 0.3 is 0 Å². The van der Waals surface area contributed by atoms with Crippen molar-refractivity contribution >= 4 is 33.6 Å². The van der Waals surface area contributed by atoms with Gasteiger partial charge in [0.2, 0.25) is 0 Å². The summed E-state index contributed by atoms with van der Waals surface area (Å²) in [7, 11) is 0. The van der Waals surface area contributed by atoms with Crippen LogP contribution in [0.1, 0.15) is 34.9 Å². The molecular weight excluding hydrogens is 390 g/mol. The van der Waals surface area contributed by atoms with E-state index in [1.807, 2.05) is 48.2 Å². The largest absolute Gasteiger partial charge is 0.384 e. The van der Waals surface area contributed by atoms with Gasteiger partial charge in [-0.2, -0.15) is 5.26 Å². The monoisotopic (exact) mass is 411 g/mol. The minimum absolute atomic E-state index is 0.123. The fourth-order valence-corrected chi connectivity index (χ4v) is 5.66. The lowest BCUT2D eigenvalue weighted by atomic mass is 9.78. The number of nitrogens with zero attached hydrogens (tertiary/aromatic N) is 2. The predicted octanol–water partition coefficient (Wildman–Crippen LogP) is 5.51. The Morgan fingerprint density at radius 3 is 2.67 bits per heavy atom. The second kappa shape index (κ2) is 7.16. The van der Waals surface area contributed by atoms with Gasteiger partial charge in [-0.1, -0.05) is 36.4 Å². The smallest absolute Gasteiger partial charge is 0.161 e. The summed E-state index contributed by atoms with van der Waals surface area (Å²) < 4.78 is 0. The first-order valence-corrected chi connectivity index (χ1v) is 10.9. The van der Waals surface area contributed by atoms with Crippen LogP contribution < -0.4 is 10.6 Å². The normalized spacial score (nSPS) is 19.3. The van der Waals surface area contributed by atoms with E-state index in [2.05, 4.69) is 24.3 Å². The van der Waals surface area contributed by atoms with Gasteiger partial charge in [0.05, 0.1) is 23.2 Å². The minimum Gasteiger partial charge on any atom is -0.384 e. The number of Topliss-reactive ketones (excluding diaryl/α,β-unsaturated/α-hetero) is 1. The fraction of sp³-hybridized carbons (Fsp3) is 0.200. The molecule has 30 heavy (non-hydrogen) atoms. The molecule has 2 aromatic carbocycles. The molecule has 1 aliphatic heterocycles. The second-order valence-electron chi connectivity index (χ2n) is 7.76. The molecular formula is C25H21N3OS. The standard InChI is InChI=1S/C25H21N3OS/c1-15-12-13-22(30-15)23-18(14-26)25(27)28(20-10-5-11-21(29)24(20)23)19-9-4-7-16-6-2-3-8-17(16)19/h2-4,6-9,12-13,23H,5,10-11,27H2,1H3. The van der Waals surface area contributed by atoms with Crippen molar-refractivity contribution in [2.75, 3.05) is 4.90 Å². The molecule has 0 bridgehead atoms. The van der Waals surface area contributed by atoms with E-state index < -0.39 is 0 Å². The van der Waals surface area contributed by atoms with Gasteiger partial charge in [-0.05, 0) is 43.4 Å². The Labute approximate surface area is 179 Å². The van der Waals surface area contributed by atoms with Crippen LogP contribution in [0, 0.1) is 18.3 Å². The summed E-state index contributed by atoms with van der Waals surface area (Å²) in [5.74, 6) is 0.180. The molecule has 5 rings (SSSR count). The molecule has 1 aromatic heterocycles. The van der Waals surface area contributed by atoms with Crippen molar-refractivity contribution in [1.82, 2.24) is 0 Å². The number of carbonyl (C=O) groups excluding carboxylic acids is 1. The summed E-state index contributed by atoms with van der Waals surface area (Å²) in [5, 5.41) is 12.3. The van der Waals surface area contributed by atoms with Gasteiger partial charge in [-0.25, -0.2) is 0 Å². The van der Waals surface area contributed by atoms with Crippen molar-refractivity contribution in [3.63, 3.8) is 0 Å². The number of nitrogens with two attached hydrogens (primary N) is 1. The Hall–Kier alpha value is -3.36. The highest BCUT2D eigenvalue weighted by Gasteiger charge is 2.41. The van der Waals surface area contributed by atoms with Gasteiger partial charge in [0, 0.05) is 32.8 Å². The Balaban J connectivity index is 1.80. The van der Waals surface area contributed by atoms with Crippen molar-refractivity contribution in [3.8, 4) is 6.07 Å². The third-order valence-corrected chi connectivity index (χ3v) is 7.03. The number of rotatable bonds is 2. The third-order valence-electron chi connectivity index (χ3n) is 5.97. The molecule has 1 unspecified atom stereocenters. The molecule has 2 aliphatic rings. The van der Waals surface area contributed by atoms with Crippen LogP contribution in [0.3, 0.4) is 0 Å². The number of carbonyl (C=O) groups is 1. The molecule has 0 radical (unpaired) electrons. The number of nitriles is 1. The van der Waals surface area contributed by atoms with Crippen LogP contribution >= 0.6 is 11.3 Å². The quantitative estimate of drug-likeness (QED) is 0.603. The zero-order chi connectivity index (χ0) is 20.8. The summed E-state index contributed by atoms with van der Waals surface area (Å²) in [6, 6.07) is 20.6. The van der Waals surface area contributed by atoms with E-state index in [9.17, 15) is 10.1 Å². The average molecular weight is 412 g/mol. The zero-order valence-electron chi connectivity index (χ0n) is 16.7. The van der Waals surface area contributed by atoms with Crippen LogP contribution in [0.2, 0.25) is 0 Å². The van der Waals surface area contributed by atoms with E-state index >= 15 is 0 Å². The van der Waals surface area contributed by atoms with Crippen molar-refractivity contribution in [2.45, 2.75) is 32.1 Å². The van der Waals surface area contributed by atoms with E-state index in [0.717, 1.165) is 50.3 Å². The van der Waals surface area contributed by atoms with Gasteiger partial charge in [0.1, 0.15) is 5.82 Å². The summed E-state index contributed by atoms with van der Waals surface area (Å²) in [4.78, 5) is 17.3. The van der Waals surface area contributed by atoms with Crippen LogP contribution in [-0.2, 0) is 4.79 Å². The second-order valence-corrected chi connectivity index (χ2v) is 9.08. The van der Waals surface area contributed by atoms with Crippen LogP contribution in [0.25, 0.3) is 10.8 Å². The lowest BCUT2D eigenvalue weighted by molar-refractivity contribution is -0.116. The zero-order valence-corrected chi connectivity index (χ0v) is 17.5. The highest BCUT2D eigenvalue weighted by Crippen LogP contribution is 2.48. The molecule has 3 aromatic rings. The van der Waals surface area contributed by atoms with Gasteiger partial charge in [-0.3, -0.25) is 9.69 Å². The number of allylic oxidation sites excluding steroid dienone is 3. The molecule has 0 fully saturated rings. The van der Waals surface area contributed by atoms with Crippen LogP contribution in [-0.4, -0.2) is 5.78 Å². The first kappa shape index (κ1) is 18.7. The Morgan fingerprint density at radius 1 is 1.10 bits per heavy atom. The van der Waals surface area contributed by atoms with Crippen molar-refractivity contribution in [3.05, 3.63) is 87.0 Å². The summed E-state index contributed by atoms with van der Waals surface area (Å²) >= 11 is 1.63. The van der Waals surface area contributed by atoms with E-state index in [1.165, 1.54) is 0 Å². The van der Waals surface area contributed by atoms with Crippen molar-refractivity contribution in [2.24, 2.45) is 5.73 Å². The molecule has 2 heterocycles. The number of hydrogen-bond acceptors (Lipinski definition) is 5. The number of thiophene rings is 1. The van der Waals surface area contributed by atoms with Gasteiger partial charge < -0.3 is 5.73 Å². The molecule has 0 saturated heterocycles. The fourth-order valence-electron chi connectivity index (χ4n) is 4.66. The molecule has 1 aliphatic carbocycles. The minimum atomic E-state index is -0.372. The molecule has 5 heteroatoms. The van der Waals surface area contributed by atoms with E-state index in [0.29, 0.717) is 17.8 Å². The molecule has 0 spiro atoms. The van der Waals surface area contributed by atoms with Crippen molar-refractivity contribution < 1.29 is 4.79 Å². The van der Waals surface area contributed by atoms with E-state index in [4.69, 9.17) is 5.73 Å². The van der Waals surface area contributed by atoms with Gasteiger partial charge in [-0.15, -0.1) is 11.3 Å². The lowest BCUT2D eigenvalue weighted by Gasteiger charge is -2.39. The Morgan fingerprint density at radius 2 is 1.90 bits per heavy atom. The summed E-state index contributed by atoms with van der Waals surface area (Å²) in [6.07, 6.45) is 2.08. The number of hydrogen-bond donors (Lipinski definition) is 1. The summed E-state index contributed by atoms with van der Waals surface area (Å²) in [5.41, 5.74) is 9.74. The number of fused-ring (bicyclic) bond motifs is 1. The molecule has 148 valence electrons. The molecule has 0 saturated carbocycles. The van der Waals surface area contributed by atoms with E-state index in [-0.39, 0.29) is 11.7 Å². The number of anilines is 1. The van der Waals surface area contributed by atoms with Crippen LogP contribution in [0.15, 0.2) is 77.3 Å². The number of ketones is 1. The maximum Gasteiger partial charge on any atom is 0.161 e. The lowest BCUT2D eigenvalue weighted by Crippen LogP contribution is -2.38. The van der Waals surface area contributed by atoms with Crippen LogP contribution in [0.5, 0.6) is 0 Å². The maximum atomic E-state index is 13.2. The van der Waals surface area contributed by atoms with E-state index in [1.54, 1.807) is 11.3 Å². The molecule has 1 atom stereocenters. The molecule has 2 N–H and O–H groups in total. The number of benzene rings is 2. The third kappa shape index (κ3) is 2.76. The average Bonchev–Trinajstić information content (AvgIpc) is 3.19. The first-order chi connectivity index (χ1) is 14.6. The number of aryl methyl sites for hydroxylation is 1. The highest BCUT2D eigenvalue weighted by molar-refractivity contribution is 7.12. The Bertz CT molecular complexity index is 1290. The molecule has 0 amide bonds. The van der Waals surface area contributed by atoms with Crippen LogP contribution in [0.4, 0.5) is 5.69 Å². The maximum absolute atomic E-state index is 13.2. The predicted molar refractivity (Wildman–Crippen MR) is 121 cm³/mol. The van der Waals surface area contributed by atoms with Crippen molar-refractivity contribution in [1.29, 1.82) is 5.26 Å². The van der Waals surface area contributed by atoms with Gasteiger partial charge in [0.15, 0.2) is 5.78 Å². The topological polar surface area (TPSA) is 70.1 Å². The Kier molecular flexibility index (Phi) is 4.45. The first-order valence-electron chi connectivity index (χ1n) is 10.1. The SMILES string of the molecule is Cc1ccc(C2C(C#N)=C(N)N(c3cccc4ccccc34)C3=C2C(=O)CCC3)s1. The molecule has 4 nitrogen and oxygen atoms in total.